The van der Waals surface area contributed by atoms with E-state index in [1.807, 2.05) is 0 Å². The Labute approximate surface area is 367 Å². The number of anilines is 2. The summed E-state index contributed by atoms with van der Waals surface area (Å²) < 4.78 is 107. The van der Waals surface area contributed by atoms with Crippen LogP contribution < -0.4 is 19.3 Å². The summed E-state index contributed by atoms with van der Waals surface area (Å²) >= 11 is 6.68. The second-order valence-electron chi connectivity index (χ2n) is 13.9. The molecule has 18 heteroatoms. The minimum atomic E-state index is -6.36. The molecule has 0 fully saturated rings. The van der Waals surface area contributed by atoms with Gasteiger partial charge in [-0.2, -0.15) is 26.3 Å². The van der Waals surface area contributed by atoms with E-state index in [0.717, 1.165) is 0 Å². The van der Waals surface area contributed by atoms with Gasteiger partial charge in [-0.3, -0.25) is 19.2 Å². The number of benzene rings is 6. The van der Waals surface area contributed by atoms with Crippen molar-refractivity contribution in [1.29, 1.82) is 0 Å². The Kier molecular flexibility index (Phi) is 10.3. The quantitative estimate of drug-likeness (QED) is 0.0485. The Morgan fingerprint density at radius 3 is 1.21 bits per heavy atom. The molecular formula is C45H22Br2F6N2O8. The Bertz CT molecular complexity index is 2860. The SMILES string of the molecule is C=CC(=O)Oc1ccc(C(c2ccc(OC(=O)C=C)c(N3C(=O)c4cccc5c(Br)ccc(c45)C3=O)c2)(C(F)(F)F)C(F)(F)F)cc1N1C(=O)c2cccc3c(Br)ccc(c23)C1=O. The highest BCUT2D eigenvalue weighted by atomic mass is 79.9. The highest BCUT2D eigenvalue weighted by Gasteiger charge is 2.73. The van der Waals surface area contributed by atoms with Crippen LogP contribution in [-0.4, -0.2) is 47.9 Å². The standard InChI is InChI=1S/C45H22Br2F6N2O8/c1-3-35(56)62-33-17-11-21(19-31(33)54-39(58)25-9-5-7-23-29(46)15-13-27(37(23)25)41(54)60)43(44(48,49)50,45(51,52)53)22-12-18-34(63-36(57)4-2)32(20-22)55-40(59)26-10-6-8-24-30(47)16-14-28(38(24)26)42(55)61/h3-20H,1-2H2. The van der Waals surface area contributed by atoms with Crippen molar-refractivity contribution in [3.8, 4) is 11.5 Å². The van der Waals surface area contributed by atoms with Gasteiger partial charge in [0.05, 0.1) is 11.4 Å². The Balaban J connectivity index is 1.40. The highest BCUT2D eigenvalue weighted by Crippen LogP contribution is 2.58. The van der Waals surface area contributed by atoms with Crippen molar-refractivity contribution in [2.45, 2.75) is 17.8 Å². The number of imide groups is 2. The number of rotatable bonds is 8. The Hall–Kier alpha value is -6.92. The zero-order valence-electron chi connectivity index (χ0n) is 31.5. The van der Waals surface area contributed by atoms with E-state index in [4.69, 9.17) is 9.47 Å². The lowest BCUT2D eigenvalue weighted by atomic mass is 9.72. The van der Waals surface area contributed by atoms with E-state index in [1.165, 1.54) is 48.5 Å². The lowest BCUT2D eigenvalue weighted by molar-refractivity contribution is -0.288. The lowest BCUT2D eigenvalue weighted by Crippen LogP contribution is -2.55. The van der Waals surface area contributed by atoms with E-state index >= 15 is 26.3 Å². The summed E-state index contributed by atoms with van der Waals surface area (Å²) in [6.07, 6.45) is -11.5. The molecule has 2 aliphatic heterocycles. The van der Waals surface area contributed by atoms with E-state index < -0.39 is 87.3 Å². The molecule has 6 aromatic carbocycles. The van der Waals surface area contributed by atoms with Crippen molar-refractivity contribution < 1.29 is 64.6 Å². The predicted octanol–water partition coefficient (Wildman–Crippen LogP) is 10.7. The Morgan fingerprint density at radius 2 is 0.873 bits per heavy atom. The smallest absolute Gasteiger partial charge is 0.411 e. The topological polar surface area (TPSA) is 127 Å². The monoisotopic (exact) mass is 990 g/mol. The average molecular weight is 992 g/mol. The second-order valence-corrected chi connectivity index (χ2v) is 15.6. The van der Waals surface area contributed by atoms with Crippen LogP contribution in [0.15, 0.2) is 131 Å². The molecule has 0 unspecified atom stereocenters. The maximum Gasteiger partial charge on any atom is 0.411 e. The third kappa shape index (κ3) is 6.45. The van der Waals surface area contributed by atoms with E-state index in [9.17, 15) is 28.8 Å². The summed E-state index contributed by atoms with van der Waals surface area (Å²) in [4.78, 5) is 82.5. The van der Waals surface area contributed by atoms with Crippen molar-refractivity contribution in [2.75, 3.05) is 9.80 Å². The largest absolute Gasteiger partial charge is 0.421 e. The van der Waals surface area contributed by atoms with Gasteiger partial charge in [-0.15, -0.1) is 0 Å². The minimum Gasteiger partial charge on any atom is -0.421 e. The molecule has 10 nitrogen and oxygen atoms in total. The number of nitrogens with zero attached hydrogens (tertiary/aromatic N) is 2. The van der Waals surface area contributed by atoms with Gasteiger partial charge in [-0.25, -0.2) is 19.4 Å². The lowest BCUT2D eigenvalue weighted by Gasteiger charge is -2.39. The zero-order chi connectivity index (χ0) is 45.5. The number of amides is 4. The number of alkyl halides is 6. The molecule has 2 heterocycles. The molecule has 8 rings (SSSR count). The number of halogens is 8. The van der Waals surface area contributed by atoms with Crippen molar-refractivity contribution >= 4 is 100 Å². The van der Waals surface area contributed by atoms with Crippen LogP contribution in [-0.2, 0) is 15.0 Å². The van der Waals surface area contributed by atoms with E-state index in [2.05, 4.69) is 45.0 Å². The molecule has 0 bridgehead atoms. The van der Waals surface area contributed by atoms with Crippen molar-refractivity contribution in [3.63, 3.8) is 0 Å². The molecule has 0 N–H and O–H groups in total. The number of carbonyl (C=O) groups excluding carboxylic acids is 6. The van der Waals surface area contributed by atoms with Gasteiger partial charge in [-0.05, 0) is 82.6 Å². The van der Waals surface area contributed by atoms with Crippen LogP contribution in [0.5, 0.6) is 11.5 Å². The second kappa shape index (κ2) is 15.2. The molecule has 0 aromatic heterocycles. The fourth-order valence-electron chi connectivity index (χ4n) is 7.86. The van der Waals surface area contributed by atoms with Crippen LogP contribution in [0.25, 0.3) is 21.5 Å². The van der Waals surface area contributed by atoms with Crippen LogP contribution in [0.3, 0.4) is 0 Å². The number of carbonyl (C=O) groups is 6. The van der Waals surface area contributed by atoms with Crippen molar-refractivity contribution in [1.82, 2.24) is 0 Å². The summed E-state index contributed by atoms with van der Waals surface area (Å²) in [6, 6.07) is 16.3. The van der Waals surface area contributed by atoms with Gasteiger partial charge in [-0.1, -0.05) is 81.4 Å². The van der Waals surface area contributed by atoms with Gasteiger partial charge >= 0.3 is 24.3 Å². The molecule has 0 saturated heterocycles. The van der Waals surface area contributed by atoms with E-state index in [-0.39, 0.29) is 45.2 Å². The van der Waals surface area contributed by atoms with Gasteiger partial charge in [0.2, 0.25) is 5.41 Å². The van der Waals surface area contributed by atoms with Crippen LogP contribution in [0, 0.1) is 0 Å². The number of hydrogen-bond donors (Lipinski definition) is 0. The molecule has 63 heavy (non-hydrogen) atoms. The molecular weight excluding hydrogens is 970 g/mol. The molecule has 2 aliphatic rings. The van der Waals surface area contributed by atoms with Gasteiger partial charge in [0.15, 0.2) is 11.5 Å². The van der Waals surface area contributed by atoms with Gasteiger partial charge in [0, 0.05) is 54.1 Å². The summed E-state index contributed by atoms with van der Waals surface area (Å²) in [5.41, 5.74) is -11.1. The number of ether oxygens (including phenoxy) is 2. The third-order valence-corrected chi connectivity index (χ3v) is 12.0. The first kappa shape index (κ1) is 42.8. The van der Waals surface area contributed by atoms with Crippen LogP contribution in [0.2, 0.25) is 0 Å². The van der Waals surface area contributed by atoms with Crippen molar-refractivity contribution in [2.24, 2.45) is 0 Å². The van der Waals surface area contributed by atoms with Crippen molar-refractivity contribution in [3.05, 3.63) is 165 Å². The minimum absolute atomic E-state index is 0.136. The third-order valence-electron chi connectivity index (χ3n) is 10.6. The molecule has 0 radical (unpaired) electrons. The maximum atomic E-state index is 16.0. The van der Waals surface area contributed by atoms with Crippen LogP contribution >= 0.6 is 31.9 Å². The zero-order valence-corrected chi connectivity index (χ0v) is 34.7. The molecule has 316 valence electrons. The Morgan fingerprint density at radius 1 is 0.524 bits per heavy atom. The molecule has 0 aliphatic carbocycles. The molecule has 4 amide bonds. The van der Waals surface area contributed by atoms with Crippen LogP contribution in [0.1, 0.15) is 52.6 Å². The first-order valence-corrected chi connectivity index (χ1v) is 19.7. The first-order chi connectivity index (χ1) is 29.8. The normalized spacial score (nSPS) is 14.0. The number of hydrogen-bond acceptors (Lipinski definition) is 8. The van der Waals surface area contributed by atoms with E-state index in [0.29, 0.717) is 65.9 Å². The molecule has 0 spiro atoms. The average Bonchev–Trinajstić information content (AvgIpc) is 3.23. The summed E-state index contributed by atoms with van der Waals surface area (Å²) in [5.74, 6) is -8.84. The molecule has 0 saturated carbocycles. The fraction of sp³-hybridized carbons (Fsp3) is 0.0667. The molecule has 6 aromatic rings. The maximum absolute atomic E-state index is 16.0. The van der Waals surface area contributed by atoms with Gasteiger partial charge in [0.1, 0.15) is 0 Å². The first-order valence-electron chi connectivity index (χ1n) is 18.1. The molecule has 0 atom stereocenters. The van der Waals surface area contributed by atoms with E-state index in [1.54, 1.807) is 12.1 Å². The van der Waals surface area contributed by atoms with Gasteiger partial charge < -0.3 is 9.47 Å². The summed E-state index contributed by atoms with van der Waals surface area (Å²) in [7, 11) is 0. The van der Waals surface area contributed by atoms with Gasteiger partial charge in [0.25, 0.3) is 23.6 Å². The number of esters is 2. The predicted molar refractivity (Wildman–Crippen MR) is 223 cm³/mol. The summed E-state index contributed by atoms with van der Waals surface area (Å²) in [6.45, 7) is 6.51. The fourth-order valence-corrected chi connectivity index (χ4v) is 8.79. The summed E-state index contributed by atoms with van der Waals surface area (Å²) in [5, 5.41) is 1.06. The van der Waals surface area contributed by atoms with Crippen LogP contribution in [0.4, 0.5) is 37.7 Å². The highest BCUT2D eigenvalue weighted by molar-refractivity contribution is 9.11.